The minimum absolute atomic E-state index is 0.132. The Morgan fingerprint density at radius 1 is 1.20 bits per heavy atom. The van der Waals surface area contributed by atoms with Gasteiger partial charge in [-0.05, 0) is 43.2 Å². The topological polar surface area (TPSA) is 79.4 Å². The monoisotopic (exact) mass is 339 g/mol. The molecule has 25 heavy (non-hydrogen) atoms. The molecule has 0 aromatic carbocycles. The summed E-state index contributed by atoms with van der Waals surface area (Å²) in [6, 6.07) is 4.43. The third kappa shape index (κ3) is 2.47. The average Bonchev–Trinajstić information content (AvgIpc) is 2.92. The van der Waals surface area contributed by atoms with E-state index in [1.807, 2.05) is 6.92 Å². The van der Waals surface area contributed by atoms with E-state index in [0.717, 1.165) is 12.8 Å². The van der Waals surface area contributed by atoms with Crippen molar-refractivity contribution in [3.63, 3.8) is 0 Å². The Kier molecular flexibility index (Phi) is 3.90. The van der Waals surface area contributed by atoms with Crippen LogP contribution in [0.5, 0.6) is 0 Å². The first-order valence-corrected chi connectivity index (χ1v) is 8.89. The van der Waals surface area contributed by atoms with Gasteiger partial charge in [0, 0.05) is 6.20 Å². The first kappa shape index (κ1) is 16.0. The summed E-state index contributed by atoms with van der Waals surface area (Å²) in [6.45, 7) is 1.82. The standard InChI is InChI=1S/C19H21N3O3/c1-2-13(17(23)21-14-5-3-4-10-20-14)22-18(24)15-11-6-7-12(9-8-11)16(15)19(22)25/h3-7,10-13,15-16H,2,8-9H2,1H3,(H,20,21,23)/t11-,12-,13+,15+,16+/m0/s1. The number of hydrogen-bond acceptors (Lipinski definition) is 4. The number of nitrogens with one attached hydrogen (secondary N) is 1. The highest BCUT2D eigenvalue weighted by atomic mass is 16.2. The van der Waals surface area contributed by atoms with Crippen molar-refractivity contribution >= 4 is 23.5 Å². The molecule has 1 N–H and O–H groups in total. The van der Waals surface area contributed by atoms with Crippen molar-refractivity contribution in [2.75, 3.05) is 5.32 Å². The number of nitrogens with zero attached hydrogens (tertiary/aromatic N) is 2. The lowest BCUT2D eigenvalue weighted by molar-refractivity contribution is -0.146. The molecule has 1 aromatic heterocycles. The molecule has 130 valence electrons. The molecule has 0 radical (unpaired) electrons. The van der Waals surface area contributed by atoms with Gasteiger partial charge in [-0.2, -0.15) is 0 Å². The van der Waals surface area contributed by atoms with Crippen LogP contribution in [0.2, 0.25) is 0 Å². The van der Waals surface area contributed by atoms with Crippen LogP contribution in [0.4, 0.5) is 5.82 Å². The first-order chi connectivity index (χ1) is 12.1. The van der Waals surface area contributed by atoms with Gasteiger partial charge in [0.1, 0.15) is 11.9 Å². The summed E-state index contributed by atoms with van der Waals surface area (Å²) in [4.78, 5) is 43.9. The number of rotatable bonds is 4. The number of pyridine rings is 1. The van der Waals surface area contributed by atoms with E-state index in [0.29, 0.717) is 12.2 Å². The zero-order chi connectivity index (χ0) is 17.6. The van der Waals surface area contributed by atoms with Gasteiger partial charge in [-0.25, -0.2) is 4.98 Å². The lowest BCUT2D eigenvalue weighted by Gasteiger charge is -2.38. The normalized spacial score (nSPS) is 31.2. The number of imide groups is 1. The Balaban J connectivity index is 1.58. The zero-order valence-corrected chi connectivity index (χ0v) is 14.1. The molecule has 1 aromatic rings. The Morgan fingerprint density at radius 2 is 1.84 bits per heavy atom. The molecule has 3 amide bonds. The molecule has 5 rings (SSSR count). The van der Waals surface area contributed by atoms with Crippen molar-refractivity contribution in [2.45, 2.75) is 32.2 Å². The lowest BCUT2D eigenvalue weighted by atomic mass is 9.63. The second-order valence-electron chi connectivity index (χ2n) is 7.02. The van der Waals surface area contributed by atoms with Gasteiger partial charge in [0.15, 0.2) is 0 Å². The van der Waals surface area contributed by atoms with Crippen molar-refractivity contribution in [3.8, 4) is 0 Å². The number of carbonyl (C=O) groups excluding carboxylic acids is 3. The van der Waals surface area contributed by atoms with Gasteiger partial charge in [0.25, 0.3) is 0 Å². The Bertz CT molecular complexity index is 714. The second-order valence-corrected chi connectivity index (χ2v) is 7.02. The molecular formula is C19H21N3O3. The summed E-state index contributed by atoms with van der Waals surface area (Å²) >= 11 is 0. The molecule has 0 spiro atoms. The average molecular weight is 339 g/mol. The zero-order valence-electron chi connectivity index (χ0n) is 14.1. The fourth-order valence-electron chi connectivity index (χ4n) is 4.54. The minimum Gasteiger partial charge on any atom is -0.309 e. The van der Waals surface area contributed by atoms with Crippen LogP contribution in [0.15, 0.2) is 36.5 Å². The summed E-state index contributed by atoms with van der Waals surface area (Å²) < 4.78 is 0. The second kappa shape index (κ2) is 6.10. The van der Waals surface area contributed by atoms with E-state index in [1.165, 1.54) is 4.90 Å². The number of carbonyl (C=O) groups is 3. The predicted molar refractivity (Wildman–Crippen MR) is 91.1 cm³/mol. The van der Waals surface area contributed by atoms with Crippen LogP contribution in [0.3, 0.4) is 0 Å². The van der Waals surface area contributed by atoms with Crippen molar-refractivity contribution in [3.05, 3.63) is 36.5 Å². The van der Waals surface area contributed by atoms with E-state index in [1.54, 1.807) is 24.4 Å². The van der Waals surface area contributed by atoms with Crippen LogP contribution in [0, 0.1) is 23.7 Å². The van der Waals surface area contributed by atoms with Gasteiger partial charge in [-0.1, -0.05) is 25.1 Å². The molecule has 2 heterocycles. The predicted octanol–water partition coefficient (Wildman–Crippen LogP) is 2.00. The molecule has 6 nitrogen and oxygen atoms in total. The number of aromatic nitrogens is 1. The van der Waals surface area contributed by atoms with Gasteiger partial charge >= 0.3 is 0 Å². The molecule has 1 aliphatic heterocycles. The molecule has 1 saturated heterocycles. The van der Waals surface area contributed by atoms with Crippen molar-refractivity contribution < 1.29 is 14.4 Å². The summed E-state index contributed by atoms with van der Waals surface area (Å²) in [5.41, 5.74) is 0. The largest absolute Gasteiger partial charge is 0.309 e. The molecule has 3 aliphatic carbocycles. The van der Waals surface area contributed by atoms with Crippen LogP contribution >= 0.6 is 0 Å². The highest BCUT2D eigenvalue weighted by Gasteiger charge is 2.58. The number of allylic oxidation sites excluding steroid dienone is 2. The van der Waals surface area contributed by atoms with E-state index in [4.69, 9.17) is 0 Å². The highest BCUT2D eigenvalue weighted by molar-refractivity contribution is 6.10. The summed E-state index contributed by atoms with van der Waals surface area (Å²) in [6.07, 6.45) is 8.04. The minimum atomic E-state index is -0.785. The molecule has 0 unspecified atom stereocenters. The Morgan fingerprint density at radius 3 is 2.32 bits per heavy atom. The highest BCUT2D eigenvalue weighted by Crippen LogP contribution is 2.50. The van der Waals surface area contributed by atoms with Gasteiger partial charge in [-0.3, -0.25) is 19.3 Å². The van der Waals surface area contributed by atoms with E-state index < -0.39 is 6.04 Å². The third-order valence-corrected chi connectivity index (χ3v) is 5.71. The van der Waals surface area contributed by atoms with E-state index in [9.17, 15) is 14.4 Å². The molecule has 1 saturated carbocycles. The van der Waals surface area contributed by atoms with Crippen LogP contribution in [-0.2, 0) is 14.4 Å². The smallest absolute Gasteiger partial charge is 0.248 e. The molecule has 2 fully saturated rings. The van der Waals surface area contributed by atoms with Crippen LogP contribution in [0.1, 0.15) is 26.2 Å². The van der Waals surface area contributed by atoms with Gasteiger partial charge in [0.05, 0.1) is 11.8 Å². The molecule has 2 bridgehead atoms. The Labute approximate surface area is 146 Å². The SMILES string of the molecule is CC[C@H](C(=O)Nc1ccccn1)N1C(=O)[C@H]2[C@H](C1=O)[C@H]1C=C[C@H]2CC1. The maximum absolute atomic E-state index is 13.0. The fourth-order valence-corrected chi connectivity index (χ4v) is 4.54. The maximum Gasteiger partial charge on any atom is 0.248 e. The summed E-state index contributed by atoms with van der Waals surface area (Å²) in [5.74, 6) is -0.610. The summed E-state index contributed by atoms with van der Waals surface area (Å²) in [5, 5.41) is 2.72. The van der Waals surface area contributed by atoms with Crippen LogP contribution in [0.25, 0.3) is 0 Å². The molecule has 5 atom stereocenters. The number of likely N-dealkylation sites (tertiary alicyclic amines) is 1. The molecular weight excluding hydrogens is 318 g/mol. The van der Waals surface area contributed by atoms with E-state index >= 15 is 0 Å². The quantitative estimate of drug-likeness (QED) is 0.672. The van der Waals surface area contributed by atoms with Crippen molar-refractivity contribution in [1.29, 1.82) is 0 Å². The maximum atomic E-state index is 13.0. The van der Waals surface area contributed by atoms with Crippen molar-refractivity contribution in [2.24, 2.45) is 23.7 Å². The lowest BCUT2D eigenvalue weighted by Crippen LogP contribution is -2.47. The van der Waals surface area contributed by atoms with E-state index in [-0.39, 0.29) is 41.4 Å². The van der Waals surface area contributed by atoms with Gasteiger partial charge in [-0.15, -0.1) is 0 Å². The van der Waals surface area contributed by atoms with Gasteiger partial charge < -0.3 is 5.32 Å². The number of hydrogen-bond donors (Lipinski definition) is 1. The number of fused-ring (bicyclic) bond motifs is 1. The molecule has 4 aliphatic rings. The van der Waals surface area contributed by atoms with E-state index in [2.05, 4.69) is 22.5 Å². The number of amides is 3. The van der Waals surface area contributed by atoms with Crippen molar-refractivity contribution in [1.82, 2.24) is 9.88 Å². The first-order valence-electron chi connectivity index (χ1n) is 8.89. The molecule has 6 heteroatoms. The van der Waals surface area contributed by atoms with Crippen LogP contribution < -0.4 is 5.32 Å². The summed E-state index contributed by atoms with van der Waals surface area (Å²) in [7, 11) is 0. The van der Waals surface area contributed by atoms with Crippen LogP contribution in [-0.4, -0.2) is 33.6 Å². The fraction of sp³-hybridized carbons (Fsp3) is 0.474. The Hall–Kier alpha value is -2.50. The number of anilines is 1. The van der Waals surface area contributed by atoms with Gasteiger partial charge in [0.2, 0.25) is 17.7 Å². The third-order valence-electron chi connectivity index (χ3n) is 5.71.